The standard InChI is InChI=1S/C7H9OS2/c8-4-2-6-10-7-3-1-5-9-7/h1,3,8H,2,4,6H2. The summed E-state index contributed by atoms with van der Waals surface area (Å²) in [5.74, 6) is 1.00. The minimum absolute atomic E-state index is 0.294. The van der Waals surface area contributed by atoms with Crippen LogP contribution in [0.25, 0.3) is 0 Å². The van der Waals surface area contributed by atoms with Crippen LogP contribution in [0.2, 0.25) is 0 Å². The molecule has 0 amide bonds. The first-order valence-electron chi connectivity index (χ1n) is 3.13. The summed E-state index contributed by atoms with van der Waals surface area (Å²) in [7, 11) is 0. The molecule has 0 bridgehead atoms. The van der Waals surface area contributed by atoms with Crippen molar-refractivity contribution in [2.45, 2.75) is 10.6 Å². The second-order valence-electron chi connectivity index (χ2n) is 1.80. The fraction of sp³-hybridized carbons (Fsp3) is 0.429. The van der Waals surface area contributed by atoms with Crippen LogP contribution in [-0.2, 0) is 0 Å². The zero-order chi connectivity index (χ0) is 7.23. The van der Waals surface area contributed by atoms with Crippen molar-refractivity contribution in [1.82, 2.24) is 0 Å². The highest BCUT2D eigenvalue weighted by molar-refractivity contribution is 8.01. The Morgan fingerprint density at radius 1 is 1.70 bits per heavy atom. The molecule has 0 spiro atoms. The first-order valence-corrected chi connectivity index (χ1v) is 4.93. The third-order valence-electron chi connectivity index (χ3n) is 0.994. The van der Waals surface area contributed by atoms with Gasteiger partial charge >= 0.3 is 0 Å². The average Bonchev–Trinajstić information content (AvgIpc) is 2.41. The molecule has 0 atom stereocenters. The molecule has 0 aromatic carbocycles. The maximum absolute atomic E-state index is 8.48. The van der Waals surface area contributed by atoms with E-state index in [0.717, 1.165) is 12.2 Å². The highest BCUT2D eigenvalue weighted by Crippen LogP contribution is 2.22. The van der Waals surface area contributed by atoms with Crippen molar-refractivity contribution in [3.63, 3.8) is 0 Å². The van der Waals surface area contributed by atoms with Crippen molar-refractivity contribution < 1.29 is 5.11 Å². The first kappa shape index (κ1) is 8.11. The number of hydrogen-bond acceptors (Lipinski definition) is 3. The molecule has 0 aliphatic heterocycles. The molecule has 1 nitrogen and oxygen atoms in total. The van der Waals surface area contributed by atoms with Crippen molar-refractivity contribution in [1.29, 1.82) is 0 Å². The number of hydrogen-bond donors (Lipinski definition) is 1. The smallest absolute Gasteiger partial charge is 0.0605 e. The molecule has 10 heavy (non-hydrogen) atoms. The number of thiophene rings is 1. The van der Waals surface area contributed by atoms with E-state index in [9.17, 15) is 0 Å². The average molecular weight is 173 g/mol. The second-order valence-corrected chi connectivity index (χ2v) is 4.07. The van der Waals surface area contributed by atoms with Gasteiger partial charge in [-0.2, -0.15) is 0 Å². The van der Waals surface area contributed by atoms with Crippen molar-refractivity contribution in [2.24, 2.45) is 0 Å². The second kappa shape index (κ2) is 4.77. The monoisotopic (exact) mass is 173 g/mol. The zero-order valence-corrected chi connectivity index (χ0v) is 7.17. The lowest BCUT2D eigenvalue weighted by Crippen LogP contribution is -1.83. The van der Waals surface area contributed by atoms with Crippen molar-refractivity contribution in [3.05, 3.63) is 17.5 Å². The quantitative estimate of drug-likeness (QED) is 0.555. The van der Waals surface area contributed by atoms with E-state index in [-0.39, 0.29) is 0 Å². The summed E-state index contributed by atoms with van der Waals surface area (Å²) >= 11 is 3.41. The molecule has 0 fully saturated rings. The van der Waals surface area contributed by atoms with E-state index in [2.05, 4.69) is 5.38 Å². The summed E-state index contributed by atoms with van der Waals surface area (Å²) in [5, 5.41) is 11.5. The minimum atomic E-state index is 0.294. The Balaban J connectivity index is 2.15. The van der Waals surface area contributed by atoms with Gasteiger partial charge in [-0.25, -0.2) is 0 Å². The molecule has 0 aliphatic carbocycles. The Morgan fingerprint density at radius 3 is 3.20 bits per heavy atom. The molecule has 1 aromatic heterocycles. The number of rotatable bonds is 4. The third kappa shape index (κ3) is 2.73. The maximum atomic E-state index is 8.48. The Kier molecular flexibility index (Phi) is 3.87. The highest BCUT2D eigenvalue weighted by Gasteiger charge is 1.92. The van der Waals surface area contributed by atoms with Crippen LogP contribution in [0.4, 0.5) is 0 Å². The molecule has 0 saturated heterocycles. The van der Waals surface area contributed by atoms with E-state index in [1.54, 1.807) is 23.1 Å². The van der Waals surface area contributed by atoms with Crippen LogP contribution in [0.1, 0.15) is 6.42 Å². The van der Waals surface area contributed by atoms with Crippen molar-refractivity contribution in [3.8, 4) is 0 Å². The van der Waals surface area contributed by atoms with E-state index < -0.39 is 0 Å². The van der Waals surface area contributed by atoms with Gasteiger partial charge in [-0.05, 0) is 18.6 Å². The van der Waals surface area contributed by atoms with Crippen LogP contribution in [0.3, 0.4) is 0 Å². The fourth-order valence-electron chi connectivity index (χ4n) is 0.543. The Hall–Kier alpha value is 0.01000. The van der Waals surface area contributed by atoms with Crippen molar-refractivity contribution in [2.75, 3.05) is 12.4 Å². The molecular formula is C7H9OS2. The van der Waals surface area contributed by atoms with Crippen LogP contribution in [0, 0.1) is 5.38 Å². The molecule has 55 valence electrons. The van der Waals surface area contributed by atoms with Gasteiger partial charge in [0.05, 0.1) is 4.21 Å². The largest absolute Gasteiger partial charge is 0.396 e. The van der Waals surface area contributed by atoms with Crippen LogP contribution >= 0.6 is 23.1 Å². The topological polar surface area (TPSA) is 20.2 Å². The Morgan fingerprint density at radius 2 is 2.60 bits per heavy atom. The van der Waals surface area contributed by atoms with Gasteiger partial charge in [-0.3, -0.25) is 0 Å². The molecule has 0 unspecified atom stereocenters. The van der Waals surface area contributed by atoms with E-state index in [0.29, 0.717) is 6.61 Å². The first-order chi connectivity index (χ1) is 4.93. The van der Waals surface area contributed by atoms with Crippen LogP contribution in [0.15, 0.2) is 16.3 Å². The normalized spacial score (nSPS) is 10.1. The lowest BCUT2D eigenvalue weighted by Gasteiger charge is -1.93. The summed E-state index contributed by atoms with van der Waals surface area (Å²) in [4.78, 5) is 0. The lowest BCUT2D eigenvalue weighted by molar-refractivity contribution is 0.296. The SMILES string of the molecule is OCCCSc1cc[c]s1. The van der Waals surface area contributed by atoms with Crippen LogP contribution in [-0.4, -0.2) is 17.5 Å². The third-order valence-corrected chi connectivity index (χ3v) is 3.10. The molecule has 1 rings (SSSR count). The molecule has 1 aromatic rings. The predicted molar refractivity (Wildman–Crippen MR) is 45.6 cm³/mol. The Bertz CT molecular complexity index is 160. The van der Waals surface area contributed by atoms with E-state index in [1.165, 1.54) is 4.21 Å². The van der Waals surface area contributed by atoms with Crippen LogP contribution < -0.4 is 0 Å². The maximum Gasteiger partial charge on any atom is 0.0605 e. The minimum Gasteiger partial charge on any atom is -0.396 e. The molecule has 3 heteroatoms. The van der Waals surface area contributed by atoms with Gasteiger partial charge in [0.1, 0.15) is 0 Å². The van der Waals surface area contributed by atoms with E-state index in [1.807, 2.05) is 12.1 Å². The molecule has 0 saturated carbocycles. The number of aliphatic hydroxyl groups is 1. The van der Waals surface area contributed by atoms with Gasteiger partial charge in [-0.15, -0.1) is 23.1 Å². The highest BCUT2D eigenvalue weighted by atomic mass is 32.2. The van der Waals surface area contributed by atoms with Gasteiger partial charge < -0.3 is 5.11 Å². The molecule has 1 heterocycles. The number of thioether (sulfide) groups is 1. The molecule has 1 radical (unpaired) electrons. The van der Waals surface area contributed by atoms with Gasteiger partial charge in [0.2, 0.25) is 0 Å². The van der Waals surface area contributed by atoms with Crippen LogP contribution in [0.5, 0.6) is 0 Å². The molecular weight excluding hydrogens is 164 g/mol. The lowest BCUT2D eigenvalue weighted by atomic mass is 10.5. The number of aliphatic hydroxyl groups excluding tert-OH is 1. The summed E-state index contributed by atoms with van der Waals surface area (Å²) < 4.78 is 1.29. The van der Waals surface area contributed by atoms with Gasteiger partial charge in [0, 0.05) is 17.7 Å². The van der Waals surface area contributed by atoms with Gasteiger partial charge in [0.15, 0.2) is 0 Å². The molecule has 1 N–H and O–H groups in total. The summed E-state index contributed by atoms with van der Waals surface area (Å²) in [6, 6.07) is 3.97. The van der Waals surface area contributed by atoms with E-state index in [4.69, 9.17) is 5.11 Å². The summed E-state index contributed by atoms with van der Waals surface area (Å²) in [5.41, 5.74) is 0. The van der Waals surface area contributed by atoms with Crippen molar-refractivity contribution >= 4 is 23.1 Å². The zero-order valence-electron chi connectivity index (χ0n) is 5.54. The van der Waals surface area contributed by atoms with Gasteiger partial charge in [-0.1, -0.05) is 0 Å². The Labute approximate surface area is 69.1 Å². The van der Waals surface area contributed by atoms with E-state index >= 15 is 0 Å². The summed E-state index contributed by atoms with van der Waals surface area (Å²) in [6.45, 7) is 0.294. The molecule has 0 aliphatic rings. The van der Waals surface area contributed by atoms with Gasteiger partial charge in [0.25, 0.3) is 0 Å². The predicted octanol–water partition coefficient (Wildman–Crippen LogP) is 2.02. The fourth-order valence-corrected chi connectivity index (χ4v) is 2.20. The summed E-state index contributed by atoms with van der Waals surface area (Å²) in [6.07, 6.45) is 0.878.